The van der Waals surface area contributed by atoms with Crippen LogP contribution in [0.5, 0.6) is 5.75 Å². The average molecular weight is 293 g/mol. The maximum absolute atomic E-state index is 11.4. The Labute approximate surface area is 124 Å². The first-order valence-electron chi connectivity index (χ1n) is 7.08. The number of carbonyl (C=O) groups is 1. The number of benzene rings is 1. The first-order chi connectivity index (χ1) is 9.89. The van der Waals surface area contributed by atoms with Crippen molar-refractivity contribution in [1.82, 2.24) is 4.90 Å². The molecule has 0 radical (unpaired) electrons. The number of likely N-dealkylation sites (tertiary alicyclic amines) is 1. The maximum Gasteiger partial charge on any atom is 0.224 e. The lowest BCUT2D eigenvalue weighted by Crippen LogP contribution is -2.39. The van der Waals surface area contributed by atoms with Gasteiger partial charge in [0.1, 0.15) is 18.5 Å². The van der Waals surface area contributed by atoms with E-state index in [1.54, 1.807) is 24.3 Å². The highest BCUT2D eigenvalue weighted by molar-refractivity contribution is 5.81. The monoisotopic (exact) mass is 293 g/mol. The van der Waals surface area contributed by atoms with Crippen molar-refractivity contribution in [2.45, 2.75) is 19.4 Å². The molecular formula is C15H23N3O3. The Balaban J connectivity index is 1.76. The molecule has 6 heteroatoms. The predicted octanol–water partition coefficient (Wildman–Crippen LogP) is 0.206. The SMILES string of the molecule is CC1(C(N)=O)CCN(CC(O)COc2ccc(N)cc2)C1. The van der Waals surface area contributed by atoms with E-state index in [0.717, 1.165) is 13.0 Å². The molecule has 6 nitrogen and oxygen atoms in total. The lowest BCUT2D eigenvalue weighted by atomic mass is 9.89. The number of hydrogen-bond donors (Lipinski definition) is 3. The van der Waals surface area contributed by atoms with E-state index < -0.39 is 11.5 Å². The van der Waals surface area contributed by atoms with Gasteiger partial charge in [-0.15, -0.1) is 0 Å². The average Bonchev–Trinajstić information content (AvgIpc) is 2.81. The van der Waals surface area contributed by atoms with E-state index in [4.69, 9.17) is 16.2 Å². The Kier molecular flexibility index (Phi) is 4.69. The summed E-state index contributed by atoms with van der Waals surface area (Å²) in [4.78, 5) is 13.4. The summed E-state index contributed by atoms with van der Waals surface area (Å²) in [5, 5.41) is 10.0. The fourth-order valence-corrected chi connectivity index (χ4v) is 2.52. The summed E-state index contributed by atoms with van der Waals surface area (Å²) >= 11 is 0. The Morgan fingerprint density at radius 2 is 2.14 bits per heavy atom. The van der Waals surface area contributed by atoms with Crippen LogP contribution < -0.4 is 16.2 Å². The molecule has 1 fully saturated rings. The number of anilines is 1. The first-order valence-corrected chi connectivity index (χ1v) is 7.08. The van der Waals surface area contributed by atoms with E-state index >= 15 is 0 Å². The van der Waals surface area contributed by atoms with Gasteiger partial charge in [-0.05, 0) is 44.2 Å². The minimum atomic E-state index is -0.613. The van der Waals surface area contributed by atoms with Crippen LogP contribution in [0, 0.1) is 5.41 Å². The molecule has 0 bridgehead atoms. The molecular weight excluding hydrogens is 270 g/mol. The zero-order valence-corrected chi connectivity index (χ0v) is 12.3. The van der Waals surface area contributed by atoms with Crippen molar-refractivity contribution in [2.75, 3.05) is 32.0 Å². The summed E-state index contributed by atoms with van der Waals surface area (Å²) in [5.74, 6) is 0.393. The van der Waals surface area contributed by atoms with Gasteiger partial charge in [-0.2, -0.15) is 0 Å². The molecule has 116 valence electrons. The zero-order valence-electron chi connectivity index (χ0n) is 12.3. The number of hydrogen-bond acceptors (Lipinski definition) is 5. The maximum atomic E-state index is 11.4. The van der Waals surface area contributed by atoms with Gasteiger partial charge in [0.2, 0.25) is 5.91 Å². The van der Waals surface area contributed by atoms with Crippen molar-refractivity contribution in [3.63, 3.8) is 0 Å². The number of carbonyl (C=O) groups excluding carboxylic acids is 1. The minimum absolute atomic E-state index is 0.202. The highest BCUT2D eigenvalue weighted by atomic mass is 16.5. The van der Waals surface area contributed by atoms with Crippen LogP contribution >= 0.6 is 0 Å². The van der Waals surface area contributed by atoms with E-state index in [1.165, 1.54) is 0 Å². The van der Waals surface area contributed by atoms with Crippen molar-refractivity contribution in [1.29, 1.82) is 0 Å². The second-order valence-electron chi connectivity index (χ2n) is 5.94. The van der Waals surface area contributed by atoms with Crippen LogP contribution in [0.1, 0.15) is 13.3 Å². The number of β-amino-alcohol motifs (C(OH)–C–C–N with tert-alkyl or cyclic N) is 1. The summed E-state index contributed by atoms with van der Waals surface area (Å²) in [7, 11) is 0. The number of rotatable bonds is 6. The number of nitrogen functional groups attached to an aromatic ring is 1. The lowest BCUT2D eigenvalue weighted by molar-refractivity contribution is -0.126. The number of ether oxygens (including phenoxy) is 1. The predicted molar refractivity (Wildman–Crippen MR) is 80.7 cm³/mol. The van der Waals surface area contributed by atoms with Gasteiger partial charge in [0.15, 0.2) is 0 Å². The summed E-state index contributed by atoms with van der Waals surface area (Å²) in [6, 6.07) is 7.03. The molecule has 21 heavy (non-hydrogen) atoms. The van der Waals surface area contributed by atoms with Crippen LogP contribution in [0.3, 0.4) is 0 Å². The Hall–Kier alpha value is -1.79. The van der Waals surface area contributed by atoms with Crippen molar-refractivity contribution < 1.29 is 14.6 Å². The number of nitrogens with zero attached hydrogens (tertiary/aromatic N) is 1. The lowest BCUT2D eigenvalue weighted by Gasteiger charge is -2.23. The van der Waals surface area contributed by atoms with Crippen LogP contribution in [-0.4, -0.2) is 48.3 Å². The second-order valence-corrected chi connectivity index (χ2v) is 5.94. The molecule has 1 aromatic rings. The van der Waals surface area contributed by atoms with E-state index in [0.29, 0.717) is 24.5 Å². The second kappa shape index (κ2) is 6.32. The quantitative estimate of drug-likeness (QED) is 0.651. The van der Waals surface area contributed by atoms with Gasteiger partial charge in [-0.1, -0.05) is 0 Å². The van der Waals surface area contributed by atoms with Gasteiger partial charge >= 0.3 is 0 Å². The third-order valence-electron chi connectivity index (χ3n) is 3.94. The minimum Gasteiger partial charge on any atom is -0.491 e. The van der Waals surface area contributed by atoms with Gasteiger partial charge in [0, 0.05) is 18.8 Å². The highest BCUT2D eigenvalue weighted by Crippen LogP contribution is 2.29. The van der Waals surface area contributed by atoms with Crippen molar-refractivity contribution >= 4 is 11.6 Å². The summed E-state index contributed by atoms with van der Waals surface area (Å²) in [6.07, 6.45) is 0.117. The van der Waals surface area contributed by atoms with Crippen molar-refractivity contribution in [2.24, 2.45) is 11.1 Å². The normalized spacial score (nSPS) is 23.9. The molecule has 1 saturated heterocycles. The van der Waals surface area contributed by atoms with E-state index in [9.17, 15) is 9.90 Å². The van der Waals surface area contributed by atoms with Crippen LogP contribution in [0.4, 0.5) is 5.69 Å². The standard InChI is InChI=1S/C15H23N3O3/c1-15(14(17)20)6-7-18(10-15)8-12(19)9-21-13-4-2-11(16)3-5-13/h2-5,12,19H,6-10,16H2,1H3,(H2,17,20). The van der Waals surface area contributed by atoms with Gasteiger partial charge in [-0.3, -0.25) is 9.69 Å². The number of nitrogens with two attached hydrogens (primary N) is 2. The van der Waals surface area contributed by atoms with Gasteiger partial charge in [0.05, 0.1) is 5.41 Å². The summed E-state index contributed by atoms with van der Waals surface area (Å²) in [5.41, 5.74) is 11.2. The summed E-state index contributed by atoms with van der Waals surface area (Å²) in [6.45, 7) is 3.89. The fourth-order valence-electron chi connectivity index (χ4n) is 2.52. The molecule has 1 heterocycles. The van der Waals surface area contributed by atoms with Crippen molar-refractivity contribution in [3.05, 3.63) is 24.3 Å². The molecule has 1 aromatic carbocycles. The largest absolute Gasteiger partial charge is 0.491 e. The van der Waals surface area contributed by atoms with Gasteiger partial charge in [-0.25, -0.2) is 0 Å². The molecule has 2 rings (SSSR count). The fraction of sp³-hybridized carbons (Fsp3) is 0.533. The molecule has 5 N–H and O–H groups in total. The zero-order chi connectivity index (χ0) is 15.5. The Morgan fingerprint density at radius 3 is 2.71 bits per heavy atom. The molecule has 1 aliphatic rings. The first kappa shape index (κ1) is 15.6. The van der Waals surface area contributed by atoms with E-state index in [1.807, 2.05) is 11.8 Å². The number of aliphatic hydroxyl groups is 1. The molecule has 0 saturated carbocycles. The smallest absolute Gasteiger partial charge is 0.224 e. The van der Waals surface area contributed by atoms with Crippen LogP contribution in [0.25, 0.3) is 0 Å². The Bertz CT molecular complexity index is 491. The van der Waals surface area contributed by atoms with Crippen molar-refractivity contribution in [3.8, 4) is 5.75 Å². The highest BCUT2D eigenvalue weighted by Gasteiger charge is 2.39. The molecule has 0 aromatic heterocycles. The molecule has 0 spiro atoms. The molecule has 2 atom stereocenters. The van der Waals surface area contributed by atoms with Gasteiger partial charge < -0.3 is 21.3 Å². The number of amides is 1. The topological polar surface area (TPSA) is 102 Å². The molecule has 2 unspecified atom stereocenters. The molecule has 1 amide bonds. The van der Waals surface area contributed by atoms with E-state index in [2.05, 4.69) is 0 Å². The van der Waals surface area contributed by atoms with E-state index in [-0.39, 0.29) is 12.5 Å². The third kappa shape index (κ3) is 4.09. The molecule has 0 aliphatic carbocycles. The molecule has 1 aliphatic heterocycles. The number of primary amides is 1. The van der Waals surface area contributed by atoms with Crippen LogP contribution in [-0.2, 0) is 4.79 Å². The summed E-state index contributed by atoms with van der Waals surface area (Å²) < 4.78 is 5.51. The van der Waals surface area contributed by atoms with Crippen LogP contribution in [0.2, 0.25) is 0 Å². The Morgan fingerprint density at radius 1 is 1.48 bits per heavy atom. The third-order valence-corrected chi connectivity index (χ3v) is 3.94. The van der Waals surface area contributed by atoms with Crippen LogP contribution in [0.15, 0.2) is 24.3 Å². The van der Waals surface area contributed by atoms with Gasteiger partial charge in [0.25, 0.3) is 0 Å². The number of aliphatic hydroxyl groups excluding tert-OH is 1.